The Labute approximate surface area is 184 Å². The summed E-state index contributed by atoms with van der Waals surface area (Å²) < 4.78 is 15.5. The van der Waals surface area contributed by atoms with Gasteiger partial charge in [-0.2, -0.15) is 0 Å². The summed E-state index contributed by atoms with van der Waals surface area (Å²) in [6, 6.07) is 13.8. The van der Waals surface area contributed by atoms with Gasteiger partial charge in [0.2, 0.25) is 5.91 Å². The first-order valence-corrected chi connectivity index (χ1v) is 9.69. The number of ether oxygens (including phenoxy) is 2. The van der Waals surface area contributed by atoms with Gasteiger partial charge in [-0.05, 0) is 53.6 Å². The van der Waals surface area contributed by atoms with Crippen molar-refractivity contribution in [3.8, 4) is 11.5 Å². The van der Waals surface area contributed by atoms with Crippen LogP contribution in [0.3, 0.4) is 0 Å². The molecule has 0 aliphatic heterocycles. The maximum absolute atomic E-state index is 12.1. The van der Waals surface area contributed by atoms with Crippen LogP contribution in [0.1, 0.15) is 21.7 Å². The molecule has 160 valence electrons. The number of benzene rings is 2. The summed E-state index contributed by atoms with van der Waals surface area (Å²) in [6.07, 6.45) is 4.49. The van der Waals surface area contributed by atoms with E-state index < -0.39 is 0 Å². The molecule has 3 rings (SSSR count). The third-order valence-electron chi connectivity index (χ3n) is 4.31. The monoisotopic (exact) mass is 440 g/mol. The number of rotatable bonds is 8. The Hall–Kier alpha value is -3.71. The van der Waals surface area contributed by atoms with Gasteiger partial charge in [0.15, 0.2) is 17.3 Å². The van der Waals surface area contributed by atoms with Gasteiger partial charge in [0.05, 0.1) is 25.5 Å². The molecule has 0 fully saturated rings. The Bertz CT molecular complexity index is 1080. The molecule has 3 aromatic rings. The maximum atomic E-state index is 12.1. The number of furan rings is 1. The van der Waals surface area contributed by atoms with E-state index in [1.54, 1.807) is 42.5 Å². The lowest BCUT2D eigenvalue weighted by Gasteiger charge is -2.10. The fraction of sp³-hybridized carbons (Fsp3) is 0.130. The van der Waals surface area contributed by atoms with E-state index in [2.05, 4.69) is 10.6 Å². The van der Waals surface area contributed by atoms with E-state index >= 15 is 0 Å². The van der Waals surface area contributed by atoms with Crippen LogP contribution >= 0.6 is 11.6 Å². The van der Waals surface area contributed by atoms with E-state index in [-0.39, 0.29) is 17.6 Å². The van der Waals surface area contributed by atoms with Crippen molar-refractivity contribution in [2.75, 3.05) is 19.5 Å². The van der Waals surface area contributed by atoms with Crippen LogP contribution in [0.5, 0.6) is 11.5 Å². The SMILES string of the molecule is COc1cc(/C=C/C(=O)NCc2ccc(NC(=O)c3ccco3)cc2)cc(Cl)c1OC. The van der Waals surface area contributed by atoms with E-state index in [1.807, 2.05) is 12.1 Å². The van der Waals surface area contributed by atoms with Crippen molar-refractivity contribution >= 4 is 35.2 Å². The van der Waals surface area contributed by atoms with Crippen molar-refractivity contribution in [1.82, 2.24) is 5.32 Å². The zero-order chi connectivity index (χ0) is 22.2. The minimum absolute atomic E-state index is 0.235. The second-order valence-corrected chi connectivity index (χ2v) is 6.82. The van der Waals surface area contributed by atoms with Crippen molar-refractivity contribution in [1.29, 1.82) is 0 Å². The van der Waals surface area contributed by atoms with E-state index in [0.29, 0.717) is 34.3 Å². The number of nitrogens with one attached hydrogen (secondary N) is 2. The Morgan fingerprint density at radius 3 is 2.52 bits per heavy atom. The molecule has 7 nitrogen and oxygen atoms in total. The summed E-state index contributed by atoms with van der Waals surface area (Å²) in [5, 5.41) is 5.93. The summed E-state index contributed by atoms with van der Waals surface area (Å²) in [6.45, 7) is 0.336. The molecule has 0 saturated carbocycles. The lowest BCUT2D eigenvalue weighted by atomic mass is 10.1. The van der Waals surface area contributed by atoms with E-state index in [1.165, 1.54) is 26.6 Å². The minimum Gasteiger partial charge on any atom is -0.493 e. The highest BCUT2D eigenvalue weighted by Crippen LogP contribution is 2.36. The summed E-state index contributed by atoms with van der Waals surface area (Å²) in [7, 11) is 3.02. The van der Waals surface area contributed by atoms with Crippen LogP contribution in [0, 0.1) is 0 Å². The Morgan fingerprint density at radius 1 is 1.10 bits per heavy atom. The zero-order valence-corrected chi connectivity index (χ0v) is 17.7. The van der Waals surface area contributed by atoms with Crippen LogP contribution in [0.4, 0.5) is 5.69 Å². The van der Waals surface area contributed by atoms with Crippen LogP contribution in [-0.2, 0) is 11.3 Å². The first kappa shape index (κ1) is 22.0. The lowest BCUT2D eigenvalue weighted by Crippen LogP contribution is -2.20. The minimum atomic E-state index is -0.327. The number of amides is 2. The zero-order valence-electron chi connectivity index (χ0n) is 17.0. The average Bonchev–Trinajstić information content (AvgIpc) is 3.32. The molecule has 0 spiro atoms. The van der Waals surface area contributed by atoms with Gasteiger partial charge in [0.25, 0.3) is 5.91 Å². The normalized spacial score (nSPS) is 10.7. The molecule has 0 saturated heterocycles. The van der Waals surface area contributed by atoms with Crippen LogP contribution < -0.4 is 20.1 Å². The highest BCUT2D eigenvalue weighted by molar-refractivity contribution is 6.32. The van der Waals surface area contributed by atoms with Gasteiger partial charge >= 0.3 is 0 Å². The Kier molecular flexibility index (Phi) is 7.35. The van der Waals surface area contributed by atoms with Crippen LogP contribution in [0.25, 0.3) is 6.08 Å². The number of methoxy groups -OCH3 is 2. The van der Waals surface area contributed by atoms with Crippen molar-refractivity contribution < 1.29 is 23.5 Å². The van der Waals surface area contributed by atoms with Gasteiger partial charge in [-0.1, -0.05) is 23.7 Å². The summed E-state index contributed by atoms with van der Waals surface area (Å²) in [5.74, 6) is 0.565. The molecule has 0 aliphatic rings. The highest BCUT2D eigenvalue weighted by atomic mass is 35.5. The van der Waals surface area contributed by atoms with Gasteiger partial charge < -0.3 is 24.5 Å². The van der Waals surface area contributed by atoms with Gasteiger partial charge in [0, 0.05) is 18.3 Å². The molecule has 31 heavy (non-hydrogen) atoms. The molecule has 8 heteroatoms. The molecular formula is C23H21ClN2O5. The number of anilines is 1. The van der Waals surface area contributed by atoms with Crippen molar-refractivity contribution in [2.45, 2.75) is 6.54 Å². The smallest absolute Gasteiger partial charge is 0.291 e. The topological polar surface area (TPSA) is 89.8 Å². The summed E-state index contributed by atoms with van der Waals surface area (Å²) in [5.41, 5.74) is 2.21. The first-order valence-electron chi connectivity index (χ1n) is 9.31. The molecule has 0 atom stereocenters. The van der Waals surface area contributed by atoms with E-state index in [4.69, 9.17) is 25.5 Å². The molecule has 0 bridgehead atoms. The predicted octanol–water partition coefficient (Wildman–Crippen LogP) is 4.53. The largest absolute Gasteiger partial charge is 0.493 e. The van der Waals surface area contributed by atoms with Crippen LogP contribution in [-0.4, -0.2) is 26.0 Å². The van der Waals surface area contributed by atoms with E-state index in [9.17, 15) is 9.59 Å². The molecule has 2 N–H and O–H groups in total. The second-order valence-electron chi connectivity index (χ2n) is 6.42. The van der Waals surface area contributed by atoms with Crippen LogP contribution in [0.15, 0.2) is 65.3 Å². The fourth-order valence-corrected chi connectivity index (χ4v) is 3.06. The van der Waals surface area contributed by atoms with Crippen molar-refractivity contribution in [3.05, 3.63) is 82.8 Å². The maximum Gasteiger partial charge on any atom is 0.291 e. The fourth-order valence-electron chi connectivity index (χ4n) is 2.76. The summed E-state index contributed by atoms with van der Waals surface area (Å²) >= 11 is 6.17. The molecule has 0 aliphatic carbocycles. The molecule has 2 aromatic carbocycles. The predicted molar refractivity (Wildman–Crippen MR) is 119 cm³/mol. The second kappa shape index (κ2) is 10.4. The number of hydrogen-bond donors (Lipinski definition) is 2. The molecular weight excluding hydrogens is 420 g/mol. The first-order chi connectivity index (χ1) is 15.0. The van der Waals surface area contributed by atoms with Crippen LogP contribution in [0.2, 0.25) is 5.02 Å². The standard InChI is InChI=1S/C23H21ClN2O5/c1-29-20-13-16(12-18(24)22(20)30-2)7-10-21(27)25-14-15-5-8-17(9-6-15)26-23(28)19-4-3-11-31-19/h3-13H,14H2,1-2H3,(H,25,27)(H,26,28)/b10-7+. The third kappa shape index (κ3) is 5.90. The number of hydrogen-bond acceptors (Lipinski definition) is 5. The highest BCUT2D eigenvalue weighted by Gasteiger charge is 2.10. The number of carbonyl (C=O) groups excluding carboxylic acids is 2. The molecule has 1 heterocycles. The summed E-state index contributed by atoms with van der Waals surface area (Å²) in [4.78, 5) is 24.1. The average molecular weight is 441 g/mol. The van der Waals surface area contributed by atoms with E-state index in [0.717, 1.165) is 5.56 Å². The van der Waals surface area contributed by atoms with Gasteiger partial charge in [0.1, 0.15) is 0 Å². The molecule has 0 radical (unpaired) electrons. The third-order valence-corrected chi connectivity index (χ3v) is 4.59. The molecule has 2 amide bonds. The molecule has 0 unspecified atom stereocenters. The molecule has 1 aromatic heterocycles. The van der Waals surface area contributed by atoms with Gasteiger partial charge in [-0.25, -0.2) is 0 Å². The van der Waals surface area contributed by atoms with Crippen molar-refractivity contribution in [3.63, 3.8) is 0 Å². The van der Waals surface area contributed by atoms with Gasteiger partial charge in [-0.3, -0.25) is 9.59 Å². The lowest BCUT2D eigenvalue weighted by molar-refractivity contribution is -0.116. The quantitative estimate of drug-likeness (QED) is 0.502. The Balaban J connectivity index is 1.53. The van der Waals surface area contributed by atoms with Crippen molar-refractivity contribution in [2.24, 2.45) is 0 Å². The van der Waals surface area contributed by atoms with Gasteiger partial charge in [-0.15, -0.1) is 0 Å². The number of carbonyl (C=O) groups is 2. The Morgan fingerprint density at radius 2 is 1.87 bits per heavy atom. The number of halogens is 1.